The van der Waals surface area contributed by atoms with Crippen molar-refractivity contribution in [3.05, 3.63) is 11.9 Å². The SMILES string of the molecule is CCNc1ncnc(NCC(F)(F)CO)c1C(C)C. The molecule has 1 heterocycles. The van der Waals surface area contributed by atoms with Gasteiger partial charge in [-0.1, -0.05) is 13.8 Å². The zero-order valence-corrected chi connectivity index (χ0v) is 11.4. The Bertz CT molecular complexity index is 413. The van der Waals surface area contributed by atoms with Gasteiger partial charge in [0.25, 0.3) is 5.92 Å². The van der Waals surface area contributed by atoms with Crippen molar-refractivity contribution in [1.82, 2.24) is 9.97 Å². The molecule has 0 unspecified atom stereocenters. The molecule has 0 aliphatic heterocycles. The number of nitrogens with zero attached hydrogens (tertiary/aromatic N) is 2. The van der Waals surface area contributed by atoms with E-state index >= 15 is 0 Å². The molecule has 0 aliphatic carbocycles. The monoisotopic (exact) mass is 274 g/mol. The van der Waals surface area contributed by atoms with E-state index in [1.54, 1.807) is 0 Å². The fourth-order valence-corrected chi connectivity index (χ4v) is 1.66. The smallest absolute Gasteiger partial charge is 0.287 e. The van der Waals surface area contributed by atoms with Gasteiger partial charge in [-0.3, -0.25) is 0 Å². The van der Waals surface area contributed by atoms with E-state index in [0.29, 0.717) is 18.2 Å². The summed E-state index contributed by atoms with van der Waals surface area (Å²) in [6, 6.07) is 0. The Morgan fingerprint density at radius 1 is 1.26 bits per heavy atom. The maximum absolute atomic E-state index is 13.0. The Balaban J connectivity index is 2.96. The van der Waals surface area contributed by atoms with Crippen LogP contribution < -0.4 is 10.6 Å². The van der Waals surface area contributed by atoms with Crippen LogP contribution >= 0.6 is 0 Å². The molecule has 1 aromatic heterocycles. The topological polar surface area (TPSA) is 70.1 Å². The average molecular weight is 274 g/mol. The molecule has 0 bridgehead atoms. The number of rotatable bonds is 7. The zero-order chi connectivity index (χ0) is 14.5. The third-order valence-electron chi connectivity index (χ3n) is 2.55. The van der Waals surface area contributed by atoms with Crippen molar-refractivity contribution < 1.29 is 13.9 Å². The molecular weight excluding hydrogens is 254 g/mol. The van der Waals surface area contributed by atoms with Gasteiger partial charge in [-0.25, -0.2) is 18.7 Å². The van der Waals surface area contributed by atoms with Gasteiger partial charge >= 0.3 is 0 Å². The highest BCUT2D eigenvalue weighted by Gasteiger charge is 2.28. The second kappa shape index (κ2) is 6.60. The van der Waals surface area contributed by atoms with E-state index in [1.165, 1.54) is 6.33 Å². The van der Waals surface area contributed by atoms with Gasteiger partial charge in [-0.15, -0.1) is 0 Å². The summed E-state index contributed by atoms with van der Waals surface area (Å²) < 4.78 is 26.1. The zero-order valence-electron chi connectivity index (χ0n) is 11.4. The minimum absolute atomic E-state index is 0.0838. The van der Waals surface area contributed by atoms with Gasteiger partial charge < -0.3 is 15.7 Å². The van der Waals surface area contributed by atoms with Gasteiger partial charge in [0, 0.05) is 12.1 Å². The van der Waals surface area contributed by atoms with E-state index in [-0.39, 0.29) is 5.92 Å². The first-order valence-corrected chi connectivity index (χ1v) is 6.22. The molecule has 0 amide bonds. The molecule has 0 radical (unpaired) electrons. The van der Waals surface area contributed by atoms with Crippen molar-refractivity contribution in [3.8, 4) is 0 Å². The lowest BCUT2D eigenvalue weighted by Crippen LogP contribution is -2.31. The molecule has 5 nitrogen and oxygen atoms in total. The van der Waals surface area contributed by atoms with E-state index in [2.05, 4.69) is 20.6 Å². The third-order valence-corrected chi connectivity index (χ3v) is 2.55. The standard InChI is InChI=1S/C12H20F2N4O/c1-4-15-10-9(8(2)3)11(18-7-17-10)16-5-12(13,14)6-19/h7-8,19H,4-6H2,1-3H3,(H2,15,16,17,18). The summed E-state index contributed by atoms with van der Waals surface area (Å²) in [6.45, 7) is 4.64. The van der Waals surface area contributed by atoms with Gasteiger partial charge in [0.05, 0.1) is 6.54 Å². The predicted molar refractivity (Wildman–Crippen MR) is 70.8 cm³/mol. The number of alkyl halides is 2. The molecule has 1 aromatic rings. The summed E-state index contributed by atoms with van der Waals surface area (Å²) in [5.41, 5.74) is 0.762. The second-order valence-electron chi connectivity index (χ2n) is 4.54. The van der Waals surface area contributed by atoms with Gasteiger partial charge in [-0.2, -0.15) is 0 Å². The summed E-state index contributed by atoms with van der Waals surface area (Å²) in [5, 5.41) is 14.2. The van der Waals surface area contributed by atoms with E-state index in [1.807, 2.05) is 20.8 Å². The maximum atomic E-state index is 13.0. The molecule has 0 saturated heterocycles. The number of anilines is 2. The highest BCUT2D eigenvalue weighted by molar-refractivity contribution is 5.59. The molecule has 0 spiro atoms. The normalized spacial score (nSPS) is 11.7. The van der Waals surface area contributed by atoms with Crippen LogP contribution in [0.25, 0.3) is 0 Å². The Labute approximate surface area is 111 Å². The summed E-state index contributed by atoms with van der Waals surface area (Å²) in [4.78, 5) is 8.12. The highest BCUT2D eigenvalue weighted by Crippen LogP contribution is 2.28. The van der Waals surface area contributed by atoms with E-state index in [9.17, 15) is 8.78 Å². The molecular formula is C12H20F2N4O. The molecule has 7 heteroatoms. The lowest BCUT2D eigenvalue weighted by molar-refractivity contribution is -0.0373. The fraction of sp³-hybridized carbons (Fsp3) is 0.667. The first-order valence-electron chi connectivity index (χ1n) is 6.22. The molecule has 0 aliphatic rings. The number of halogens is 2. The molecule has 19 heavy (non-hydrogen) atoms. The van der Waals surface area contributed by atoms with Crippen LogP contribution in [0.2, 0.25) is 0 Å². The quantitative estimate of drug-likeness (QED) is 0.710. The fourth-order valence-electron chi connectivity index (χ4n) is 1.66. The minimum Gasteiger partial charge on any atom is -0.390 e. The van der Waals surface area contributed by atoms with Crippen molar-refractivity contribution in [2.45, 2.75) is 32.6 Å². The molecule has 0 saturated carbocycles. The van der Waals surface area contributed by atoms with E-state index in [0.717, 1.165) is 5.56 Å². The summed E-state index contributed by atoms with van der Waals surface area (Å²) >= 11 is 0. The number of aliphatic hydroxyl groups is 1. The first kappa shape index (κ1) is 15.6. The molecule has 3 N–H and O–H groups in total. The Morgan fingerprint density at radius 2 is 1.84 bits per heavy atom. The largest absolute Gasteiger partial charge is 0.390 e. The molecule has 0 atom stereocenters. The van der Waals surface area contributed by atoms with E-state index in [4.69, 9.17) is 5.11 Å². The van der Waals surface area contributed by atoms with Gasteiger partial charge in [0.2, 0.25) is 0 Å². The lowest BCUT2D eigenvalue weighted by Gasteiger charge is -2.19. The summed E-state index contributed by atoms with van der Waals surface area (Å²) in [6.07, 6.45) is 1.32. The lowest BCUT2D eigenvalue weighted by atomic mass is 10.0. The van der Waals surface area contributed by atoms with Crippen LogP contribution in [0.15, 0.2) is 6.33 Å². The van der Waals surface area contributed by atoms with Crippen LogP contribution in [-0.2, 0) is 0 Å². The van der Waals surface area contributed by atoms with Gasteiger partial charge in [0.15, 0.2) is 0 Å². The molecule has 1 rings (SSSR count). The van der Waals surface area contributed by atoms with E-state index < -0.39 is 19.1 Å². The molecule has 108 valence electrons. The van der Waals surface area contributed by atoms with Gasteiger partial charge in [-0.05, 0) is 12.8 Å². The van der Waals surface area contributed by atoms with Crippen molar-refractivity contribution in [3.63, 3.8) is 0 Å². The van der Waals surface area contributed by atoms with Crippen molar-refractivity contribution >= 4 is 11.6 Å². The van der Waals surface area contributed by atoms with Crippen LogP contribution in [0, 0.1) is 0 Å². The number of aromatic nitrogens is 2. The Morgan fingerprint density at radius 3 is 2.32 bits per heavy atom. The second-order valence-corrected chi connectivity index (χ2v) is 4.54. The minimum atomic E-state index is -3.17. The summed E-state index contributed by atoms with van der Waals surface area (Å²) in [7, 11) is 0. The number of nitrogens with one attached hydrogen (secondary N) is 2. The number of hydrogen-bond acceptors (Lipinski definition) is 5. The van der Waals surface area contributed by atoms with Crippen LogP contribution in [0.3, 0.4) is 0 Å². The Hall–Kier alpha value is -1.50. The van der Waals surface area contributed by atoms with Crippen molar-refractivity contribution in [1.29, 1.82) is 0 Å². The van der Waals surface area contributed by atoms with Crippen LogP contribution in [0.4, 0.5) is 20.4 Å². The molecule has 0 fully saturated rings. The highest BCUT2D eigenvalue weighted by atomic mass is 19.3. The average Bonchev–Trinajstić information content (AvgIpc) is 2.36. The molecule has 0 aromatic carbocycles. The first-order chi connectivity index (χ1) is 8.91. The van der Waals surface area contributed by atoms with Crippen LogP contribution in [0.5, 0.6) is 0 Å². The predicted octanol–water partition coefficient (Wildman–Crippen LogP) is 2.07. The maximum Gasteiger partial charge on any atom is 0.287 e. The summed E-state index contributed by atoms with van der Waals surface area (Å²) in [5.74, 6) is -2.07. The van der Waals surface area contributed by atoms with Crippen molar-refractivity contribution in [2.24, 2.45) is 0 Å². The van der Waals surface area contributed by atoms with Crippen LogP contribution in [0.1, 0.15) is 32.3 Å². The van der Waals surface area contributed by atoms with Crippen LogP contribution in [-0.4, -0.2) is 40.7 Å². The van der Waals surface area contributed by atoms with Crippen molar-refractivity contribution in [2.75, 3.05) is 30.3 Å². The number of aliphatic hydroxyl groups excluding tert-OH is 1. The Kier molecular flexibility index (Phi) is 5.41. The number of hydrogen-bond donors (Lipinski definition) is 3. The third kappa shape index (κ3) is 4.27. The van der Waals surface area contributed by atoms with Gasteiger partial charge in [0.1, 0.15) is 24.6 Å².